The molecular weight excluding hydrogens is 184 g/mol. The van der Waals surface area contributed by atoms with Gasteiger partial charge in [0.15, 0.2) is 0 Å². The van der Waals surface area contributed by atoms with Crippen molar-refractivity contribution in [3.8, 4) is 0 Å². The predicted molar refractivity (Wildman–Crippen MR) is 62.9 cm³/mol. The van der Waals surface area contributed by atoms with E-state index in [1.165, 1.54) is 18.4 Å². The van der Waals surface area contributed by atoms with Crippen LogP contribution in [0.2, 0.25) is 0 Å². The van der Waals surface area contributed by atoms with Gasteiger partial charge < -0.3 is 5.32 Å². The molecule has 1 aliphatic rings. The Morgan fingerprint density at radius 3 is 2.93 bits per heavy atom. The summed E-state index contributed by atoms with van der Waals surface area (Å²) in [7, 11) is 0. The molecule has 15 heavy (non-hydrogen) atoms. The highest BCUT2D eigenvalue weighted by Gasteiger charge is 2.44. The zero-order valence-electron chi connectivity index (χ0n) is 9.66. The minimum Gasteiger partial charge on any atom is -0.316 e. The molecule has 1 aromatic rings. The van der Waals surface area contributed by atoms with Crippen LogP contribution >= 0.6 is 0 Å². The van der Waals surface area contributed by atoms with Crippen LogP contribution in [-0.2, 0) is 5.41 Å². The third-order valence-corrected chi connectivity index (χ3v) is 3.89. The minimum absolute atomic E-state index is 0.351. The molecule has 2 rings (SSSR count). The SMILES string of the molecule is CCNCC1(c2cccnc2)CCC1C. The first-order valence-corrected chi connectivity index (χ1v) is 5.91. The number of hydrogen-bond donors (Lipinski definition) is 1. The van der Waals surface area contributed by atoms with E-state index in [0.717, 1.165) is 19.0 Å². The largest absolute Gasteiger partial charge is 0.316 e. The molecule has 0 amide bonds. The smallest absolute Gasteiger partial charge is 0.0306 e. The van der Waals surface area contributed by atoms with Crippen LogP contribution in [0.5, 0.6) is 0 Å². The highest BCUT2D eigenvalue weighted by molar-refractivity contribution is 5.27. The van der Waals surface area contributed by atoms with E-state index in [0.29, 0.717) is 5.41 Å². The molecule has 2 nitrogen and oxygen atoms in total. The molecule has 1 N–H and O–H groups in total. The minimum atomic E-state index is 0.351. The fourth-order valence-corrected chi connectivity index (χ4v) is 2.58. The number of nitrogens with one attached hydrogen (secondary N) is 1. The van der Waals surface area contributed by atoms with Crippen LogP contribution in [-0.4, -0.2) is 18.1 Å². The van der Waals surface area contributed by atoms with E-state index in [-0.39, 0.29) is 0 Å². The Balaban J connectivity index is 2.20. The van der Waals surface area contributed by atoms with Crippen molar-refractivity contribution in [2.45, 2.75) is 32.1 Å². The van der Waals surface area contributed by atoms with Gasteiger partial charge in [0.25, 0.3) is 0 Å². The fourth-order valence-electron chi connectivity index (χ4n) is 2.58. The topological polar surface area (TPSA) is 24.9 Å². The number of aromatic nitrogens is 1. The summed E-state index contributed by atoms with van der Waals surface area (Å²) < 4.78 is 0. The van der Waals surface area contributed by atoms with Gasteiger partial charge in [-0.1, -0.05) is 19.9 Å². The lowest BCUT2D eigenvalue weighted by molar-refractivity contribution is 0.134. The molecule has 1 heterocycles. The molecule has 82 valence electrons. The van der Waals surface area contributed by atoms with E-state index >= 15 is 0 Å². The summed E-state index contributed by atoms with van der Waals surface area (Å²) >= 11 is 0. The van der Waals surface area contributed by atoms with Gasteiger partial charge >= 0.3 is 0 Å². The lowest BCUT2D eigenvalue weighted by atomic mass is 9.57. The van der Waals surface area contributed by atoms with Crippen LogP contribution in [0.25, 0.3) is 0 Å². The van der Waals surface area contributed by atoms with Gasteiger partial charge in [0.1, 0.15) is 0 Å². The lowest BCUT2D eigenvalue weighted by Gasteiger charge is -2.48. The van der Waals surface area contributed by atoms with Crippen LogP contribution in [0.3, 0.4) is 0 Å². The molecule has 0 aliphatic heterocycles. The molecule has 0 radical (unpaired) electrons. The molecule has 2 unspecified atom stereocenters. The van der Waals surface area contributed by atoms with Gasteiger partial charge in [0.05, 0.1) is 0 Å². The third-order valence-electron chi connectivity index (χ3n) is 3.89. The van der Waals surface area contributed by atoms with Gasteiger partial charge in [-0.05, 0) is 36.9 Å². The second kappa shape index (κ2) is 4.31. The summed E-state index contributed by atoms with van der Waals surface area (Å²) in [5.41, 5.74) is 1.76. The Bertz CT molecular complexity index is 310. The standard InChI is InChI=1S/C13H20N2/c1-3-14-10-13(7-6-11(13)2)12-5-4-8-15-9-12/h4-5,8-9,11,14H,3,6-7,10H2,1-2H3. The van der Waals surface area contributed by atoms with Crippen LogP contribution in [0.15, 0.2) is 24.5 Å². The van der Waals surface area contributed by atoms with Crippen LogP contribution < -0.4 is 5.32 Å². The molecule has 1 saturated carbocycles. The summed E-state index contributed by atoms with van der Waals surface area (Å²) in [6.45, 7) is 6.67. The first-order chi connectivity index (χ1) is 7.29. The normalized spacial score (nSPS) is 29.9. The monoisotopic (exact) mass is 204 g/mol. The van der Waals surface area contributed by atoms with Crippen LogP contribution in [0.1, 0.15) is 32.3 Å². The molecule has 1 aliphatic carbocycles. The summed E-state index contributed by atoms with van der Waals surface area (Å²) in [5, 5.41) is 3.49. The Labute approximate surface area is 92.1 Å². The Morgan fingerprint density at radius 2 is 2.47 bits per heavy atom. The zero-order valence-corrected chi connectivity index (χ0v) is 9.66. The quantitative estimate of drug-likeness (QED) is 0.814. The van der Waals surface area contributed by atoms with E-state index in [9.17, 15) is 0 Å². The van der Waals surface area contributed by atoms with Gasteiger partial charge in [-0.3, -0.25) is 4.98 Å². The van der Waals surface area contributed by atoms with Gasteiger partial charge in [0.2, 0.25) is 0 Å². The van der Waals surface area contributed by atoms with Gasteiger partial charge in [0, 0.05) is 24.4 Å². The van der Waals surface area contributed by atoms with Gasteiger partial charge in [-0.2, -0.15) is 0 Å². The molecular formula is C13H20N2. The van der Waals surface area contributed by atoms with Gasteiger partial charge in [-0.25, -0.2) is 0 Å². The highest BCUT2D eigenvalue weighted by Crippen LogP contribution is 2.47. The summed E-state index contributed by atoms with van der Waals surface area (Å²) in [5.74, 6) is 0.778. The van der Waals surface area contributed by atoms with Crippen molar-refractivity contribution in [1.82, 2.24) is 10.3 Å². The van der Waals surface area contributed by atoms with Crippen molar-refractivity contribution >= 4 is 0 Å². The van der Waals surface area contributed by atoms with Gasteiger partial charge in [-0.15, -0.1) is 0 Å². The fraction of sp³-hybridized carbons (Fsp3) is 0.615. The third kappa shape index (κ3) is 1.78. The molecule has 1 fully saturated rings. The van der Waals surface area contributed by atoms with Crippen molar-refractivity contribution in [1.29, 1.82) is 0 Å². The van der Waals surface area contributed by atoms with Crippen molar-refractivity contribution in [3.05, 3.63) is 30.1 Å². The summed E-state index contributed by atoms with van der Waals surface area (Å²) in [4.78, 5) is 4.25. The highest BCUT2D eigenvalue weighted by atomic mass is 14.9. The van der Waals surface area contributed by atoms with E-state index in [2.05, 4.69) is 30.2 Å². The molecule has 2 atom stereocenters. The van der Waals surface area contributed by atoms with E-state index in [1.807, 2.05) is 18.5 Å². The van der Waals surface area contributed by atoms with E-state index in [4.69, 9.17) is 0 Å². The second-order valence-corrected chi connectivity index (χ2v) is 4.62. The molecule has 1 aromatic heterocycles. The van der Waals surface area contributed by atoms with E-state index < -0.39 is 0 Å². The Kier molecular flexibility index (Phi) is 3.06. The number of pyridine rings is 1. The number of hydrogen-bond acceptors (Lipinski definition) is 2. The zero-order chi connectivity index (χ0) is 10.7. The average molecular weight is 204 g/mol. The molecule has 0 saturated heterocycles. The molecule has 0 aromatic carbocycles. The molecule has 2 heteroatoms. The maximum absolute atomic E-state index is 4.25. The number of nitrogens with zero attached hydrogens (tertiary/aromatic N) is 1. The Hall–Kier alpha value is -0.890. The maximum Gasteiger partial charge on any atom is 0.0306 e. The average Bonchev–Trinajstić information content (AvgIpc) is 2.29. The predicted octanol–water partition coefficient (Wildman–Crippen LogP) is 2.36. The maximum atomic E-state index is 4.25. The molecule has 0 spiro atoms. The first-order valence-electron chi connectivity index (χ1n) is 5.91. The lowest BCUT2D eigenvalue weighted by Crippen LogP contribution is -2.50. The summed E-state index contributed by atoms with van der Waals surface area (Å²) in [6.07, 6.45) is 6.54. The number of likely N-dealkylation sites (N-methyl/N-ethyl adjacent to an activating group) is 1. The van der Waals surface area contributed by atoms with Crippen molar-refractivity contribution < 1.29 is 0 Å². The van der Waals surface area contributed by atoms with Crippen LogP contribution in [0, 0.1) is 5.92 Å². The van der Waals surface area contributed by atoms with Crippen molar-refractivity contribution in [2.75, 3.05) is 13.1 Å². The summed E-state index contributed by atoms with van der Waals surface area (Å²) in [6, 6.07) is 4.27. The second-order valence-electron chi connectivity index (χ2n) is 4.62. The first kappa shape index (κ1) is 10.6. The number of rotatable bonds is 4. The van der Waals surface area contributed by atoms with Crippen LogP contribution in [0.4, 0.5) is 0 Å². The Morgan fingerprint density at radius 1 is 1.60 bits per heavy atom. The van der Waals surface area contributed by atoms with E-state index in [1.54, 1.807) is 0 Å². The van der Waals surface area contributed by atoms with Crippen molar-refractivity contribution in [3.63, 3.8) is 0 Å². The molecule has 0 bridgehead atoms. The van der Waals surface area contributed by atoms with Crippen molar-refractivity contribution in [2.24, 2.45) is 5.92 Å².